The number of halogens is 2. The molecule has 0 saturated carbocycles. The van der Waals surface area contributed by atoms with E-state index in [9.17, 15) is 14.7 Å². The highest BCUT2D eigenvalue weighted by Gasteiger charge is 2.35. The fourth-order valence-electron chi connectivity index (χ4n) is 2.05. The molecule has 2 aromatic rings. The number of fused-ring (bicyclic) bond motifs is 3. The Labute approximate surface area is 110 Å². The van der Waals surface area contributed by atoms with E-state index in [1.807, 2.05) is 0 Å². The average Bonchev–Trinajstić information content (AvgIpc) is 2.53. The maximum absolute atomic E-state index is 11.7. The second-order valence-electron chi connectivity index (χ2n) is 3.81. The van der Waals surface area contributed by atoms with E-state index in [1.165, 1.54) is 12.1 Å². The number of hydrogen-bond acceptors (Lipinski definition) is 4. The number of pyridine rings is 1. The van der Waals surface area contributed by atoms with Gasteiger partial charge in [0.1, 0.15) is 5.56 Å². The molecule has 18 heavy (non-hydrogen) atoms. The van der Waals surface area contributed by atoms with Gasteiger partial charge in [-0.05, 0) is 12.1 Å². The number of ether oxygens (including phenoxy) is 1. The van der Waals surface area contributed by atoms with Gasteiger partial charge in [-0.15, -0.1) is 0 Å². The van der Waals surface area contributed by atoms with Crippen LogP contribution in [0.3, 0.4) is 0 Å². The Morgan fingerprint density at radius 2 is 2.00 bits per heavy atom. The monoisotopic (exact) mass is 285 g/mol. The first-order chi connectivity index (χ1) is 8.49. The number of nitrogens with one attached hydrogen (secondary N) is 1. The molecule has 1 aliphatic heterocycles. The molecule has 3 rings (SSSR count). The third-order valence-corrected chi connectivity index (χ3v) is 3.25. The van der Waals surface area contributed by atoms with E-state index in [1.54, 1.807) is 0 Å². The van der Waals surface area contributed by atoms with E-state index in [2.05, 4.69) is 9.72 Å². The molecule has 92 valence electrons. The van der Waals surface area contributed by atoms with Crippen molar-refractivity contribution in [2.75, 3.05) is 0 Å². The van der Waals surface area contributed by atoms with Crippen LogP contribution in [0.1, 0.15) is 22.2 Å². The smallest absolute Gasteiger partial charge is 0.346 e. The molecular formula is C11H5Cl2NO4. The molecule has 1 atom stereocenters. The largest absolute Gasteiger partial charge is 0.428 e. The van der Waals surface area contributed by atoms with E-state index < -0.39 is 17.8 Å². The number of esters is 1. The first kappa shape index (κ1) is 11.5. The lowest BCUT2D eigenvalue weighted by Gasteiger charge is -2.08. The molecule has 7 heteroatoms. The summed E-state index contributed by atoms with van der Waals surface area (Å²) < 4.78 is 4.61. The number of H-pyrrole nitrogens is 1. The topological polar surface area (TPSA) is 79.4 Å². The lowest BCUT2D eigenvalue weighted by atomic mass is 10.0. The van der Waals surface area contributed by atoms with Crippen LogP contribution in [0.5, 0.6) is 0 Å². The molecule has 0 amide bonds. The summed E-state index contributed by atoms with van der Waals surface area (Å²) in [6.07, 6.45) is -1.49. The quantitative estimate of drug-likeness (QED) is 0.726. The molecule has 2 heterocycles. The zero-order valence-electron chi connectivity index (χ0n) is 8.66. The minimum absolute atomic E-state index is 0.0837. The molecule has 0 aliphatic carbocycles. The maximum Gasteiger partial charge on any atom is 0.346 e. The molecule has 1 aliphatic rings. The van der Waals surface area contributed by atoms with Gasteiger partial charge in [-0.1, -0.05) is 23.2 Å². The summed E-state index contributed by atoms with van der Waals surface area (Å²) in [5, 5.41) is 10.6. The molecule has 1 aromatic carbocycles. The SMILES string of the molecule is O=C1OC(O)c2c1c(=O)[nH]c1cc(Cl)cc(Cl)c21. The second kappa shape index (κ2) is 3.71. The maximum atomic E-state index is 11.7. The van der Waals surface area contributed by atoms with Gasteiger partial charge in [0.15, 0.2) is 0 Å². The molecule has 1 aromatic heterocycles. The number of aromatic nitrogens is 1. The van der Waals surface area contributed by atoms with Gasteiger partial charge in [-0.2, -0.15) is 0 Å². The van der Waals surface area contributed by atoms with Crippen LogP contribution >= 0.6 is 23.2 Å². The Kier molecular flexibility index (Phi) is 2.38. The van der Waals surface area contributed by atoms with Gasteiger partial charge in [0.2, 0.25) is 6.29 Å². The van der Waals surface area contributed by atoms with Crippen molar-refractivity contribution in [1.82, 2.24) is 4.98 Å². The molecule has 0 radical (unpaired) electrons. The van der Waals surface area contributed by atoms with E-state index in [4.69, 9.17) is 23.2 Å². The lowest BCUT2D eigenvalue weighted by Crippen LogP contribution is -2.16. The molecule has 0 fully saturated rings. The molecule has 5 nitrogen and oxygen atoms in total. The van der Waals surface area contributed by atoms with Crippen LogP contribution in [0.4, 0.5) is 0 Å². The summed E-state index contributed by atoms with van der Waals surface area (Å²) in [4.78, 5) is 25.7. The Morgan fingerprint density at radius 3 is 2.72 bits per heavy atom. The number of cyclic esters (lactones) is 1. The van der Waals surface area contributed by atoms with Gasteiger partial charge in [-0.3, -0.25) is 4.79 Å². The van der Waals surface area contributed by atoms with E-state index in [0.29, 0.717) is 15.9 Å². The van der Waals surface area contributed by atoms with Gasteiger partial charge in [0.25, 0.3) is 5.56 Å². The highest BCUT2D eigenvalue weighted by Crippen LogP contribution is 2.37. The normalized spacial score (nSPS) is 17.9. The van der Waals surface area contributed by atoms with Crippen molar-refractivity contribution in [3.05, 3.63) is 43.7 Å². The number of aliphatic hydroxyl groups excluding tert-OH is 1. The van der Waals surface area contributed by atoms with Crippen LogP contribution in [-0.2, 0) is 4.74 Å². The van der Waals surface area contributed by atoms with Crippen molar-refractivity contribution >= 4 is 40.1 Å². The Bertz CT molecular complexity index is 753. The highest BCUT2D eigenvalue weighted by molar-refractivity contribution is 6.39. The Balaban J connectivity index is 2.56. The predicted octanol–water partition coefficient (Wildman–Crippen LogP) is 2.00. The summed E-state index contributed by atoms with van der Waals surface area (Å²) in [5.41, 5.74) is -0.439. The molecule has 0 spiro atoms. The van der Waals surface area contributed by atoms with E-state index in [-0.39, 0.29) is 16.1 Å². The first-order valence-corrected chi connectivity index (χ1v) is 5.68. The molecule has 0 bridgehead atoms. The first-order valence-electron chi connectivity index (χ1n) is 4.93. The van der Waals surface area contributed by atoms with Crippen LogP contribution in [-0.4, -0.2) is 16.1 Å². The van der Waals surface area contributed by atoms with Crippen LogP contribution in [0, 0.1) is 0 Å². The van der Waals surface area contributed by atoms with Crippen molar-refractivity contribution in [3.8, 4) is 0 Å². The average molecular weight is 286 g/mol. The molecule has 1 unspecified atom stereocenters. The number of carbonyl (C=O) groups is 1. The fraction of sp³-hybridized carbons (Fsp3) is 0.0909. The van der Waals surface area contributed by atoms with Crippen LogP contribution in [0.2, 0.25) is 10.0 Å². The number of aliphatic hydroxyl groups is 1. The minimum atomic E-state index is -1.49. The van der Waals surface area contributed by atoms with Crippen molar-refractivity contribution in [3.63, 3.8) is 0 Å². The van der Waals surface area contributed by atoms with Crippen molar-refractivity contribution in [2.24, 2.45) is 0 Å². The van der Waals surface area contributed by atoms with Crippen molar-refractivity contribution in [2.45, 2.75) is 6.29 Å². The summed E-state index contributed by atoms with van der Waals surface area (Å²) in [6, 6.07) is 2.94. The Morgan fingerprint density at radius 1 is 1.28 bits per heavy atom. The second-order valence-corrected chi connectivity index (χ2v) is 4.65. The third-order valence-electron chi connectivity index (χ3n) is 2.74. The van der Waals surface area contributed by atoms with E-state index >= 15 is 0 Å². The standard InChI is InChI=1S/C11H5Cl2NO4/c12-3-1-4(13)6-5(2-3)14-9(15)8-7(6)10(16)18-11(8)17/h1-2,10,16H,(H,14,15). The van der Waals surface area contributed by atoms with Crippen LogP contribution in [0.15, 0.2) is 16.9 Å². The Hall–Kier alpha value is -1.56. The van der Waals surface area contributed by atoms with Gasteiger partial charge in [-0.25, -0.2) is 4.79 Å². The summed E-state index contributed by atoms with van der Waals surface area (Å²) in [5.74, 6) is -0.869. The van der Waals surface area contributed by atoms with Crippen LogP contribution < -0.4 is 5.56 Å². The zero-order valence-corrected chi connectivity index (χ0v) is 10.2. The van der Waals surface area contributed by atoms with E-state index in [0.717, 1.165) is 0 Å². The van der Waals surface area contributed by atoms with Gasteiger partial charge < -0.3 is 14.8 Å². The summed E-state index contributed by atoms with van der Waals surface area (Å²) in [6.45, 7) is 0. The minimum Gasteiger partial charge on any atom is -0.428 e. The lowest BCUT2D eigenvalue weighted by molar-refractivity contribution is -0.0540. The summed E-state index contributed by atoms with van der Waals surface area (Å²) >= 11 is 11.9. The number of rotatable bonds is 0. The van der Waals surface area contributed by atoms with Crippen molar-refractivity contribution in [1.29, 1.82) is 0 Å². The molecule has 0 saturated heterocycles. The van der Waals surface area contributed by atoms with Crippen molar-refractivity contribution < 1.29 is 14.6 Å². The third kappa shape index (κ3) is 1.45. The van der Waals surface area contributed by atoms with Gasteiger partial charge in [0, 0.05) is 10.4 Å². The number of carbonyl (C=O) groups excluding carboxylic acids is 1. The number of hydrogen-bond donors (Lipinski definition) is 2. The zero-order chi connectivity index (χ0) is 13.0. The molecular weight excluding hydrogens is 281 g/mol. The van der Waals surface area contributed by atoms with Gasteiger partial charge in [0.05, 0.1) is 16.1 Å². The predicted molar refractivity (Wildman–Crippen MR) is 65.0 cm³/mol. The number of benzene rings is 1. The fourth-order valence-corrected chi connectivity index (χ4v) is 2.64. The van der Waals surface area contributed by atoms with Gasteiger partial charge >= 0.3 is 5.97 Å². The highest BCUT2D eigenvalue weighted by atomic mass is 35.5. The summed E-state index contributed by atoms with van der Waals surface area (Å²) in [7, 11) is 0. The molecule has 2 N–H and O–H groups in total. The number of aromatic amines is 1. The van der Waals surface area contributed by atoms with Crippen LogP contribution in [0.25, 0.3) is 10.9 Å².